The Morgan fingerprint density at radius 2 is 1.92 bits per heavy atom. The Hall–Kier alpha value is -1.75. The van der Waals surface area contributed by atoms with Gasteiger partial charge in [-0.1, -0.05) is 29.8 Å². The van der Waals surface area contributed by atoms with E-state index in [-0.39, 0.29) is 6.04 Å². The lowest BCUT2D eigenvalue weighted by Gasteiger charge is -2.28. The van der Waals surface area contributed by atoms with E-state index in [1.54, 1.807) is 14.2 Å². The molecule has 0 aliphatic carbocycles. The van der Waals surface area contributed by atoms with E-state index in [4.69, 9.17) is 21.1 Å². The number of nitrogens with zero attached hydrogens (tertiary/aromatic N) is 1. The second kappa shape index (κ2) is 8.09. The highest BCUT2D eigenvalue weighted by Crippen LogP contribution is 2.39. The van der Waals surface area contributed by atoms with Crippen molar-refractivity contribution < 1.29 is 14.6 Å². The van der Waals surface area contributed by atoms with Gasteiger partial charge in [0, 0.05) is 29.2 Å². The molecule has 0 saturated carbocycles. The fourth-order valence-electron chi connectivity index (χ4n) is 3.50. The van der Waals surface area contributed by atoms with Crippen molar-refractivity contribution in [3.05, 3.63) is 58.6 Å². The molecule has 4 nitrogen and oxygen atoms in total. The molecule has 25 heavy (non-hydrogen) atoms. The van der Waals surface area contributed by atoms with Gasteiger partial charge in [0.25, 0.3) is 0 Å². The molecule has 1 aliphatic heterocycles. The normalized spacial score (nSPS) is 19.0. The topological polar surface area (TPSA) is 41.9 Å². The summed E-state index contributed by atoms with van der Waals surface area (Å²) in [6.45, 7) is 1.55. The molecule has 1 heterocycles. The number of hydrogen-bond acceptors (Lipinski definition) is 4. The number of ether oxygens (including phenoxy) is 2. The molecular formula is C20H24ClNO3. The summed E-state index contributed by atoms with van der Waals surface area (Å²) in [7, 11) is 3.33. The lowest BCUT2D eigenvalue weighted by atomic mass is 10.0. The van der Waals surface area contributed by atoms with Gasteiger partial charge in [-0.05, 0) is 43.1 Å². The molecule has 0 amide bonds. The van der Waals surface area contributed by atoms with Gasteiger partial charge >= 0.3 is 0 Å². The molecular weight excluding hydrogens is 338 g/mol. The Bertz CT molecular complexity index is 705. The average Bonchev–Trinajstić information content (AvgIpc) is 3.09. The van der Waals surface area contributed by atoms with Crippen LogP contribution < -0.4 is 9.47 Å². The first-order valence-electron chi connectivity index (χ1n) is 8.52. The maximum atomic E-state index is 10.6. The Labute approximate surface area is 153 Å². The van der Waals surface area contributed by atoms with Crippen LogP contribution in [0.4, 0.5) is 0 Å². The highest BCUT2D eigenvalue weighted by molar-refractivity contribution is 6.30. The van der Waals surface area contributed by atoms with E-state index < -0.39 is 6.10 Å². The molecule has 1 aliphatic rings. The van der Waals surface area contributed by atoms with E-state index in [2.05, 4.69) is 11.0 Å². The predicted octanol–water partition coefficient (Wildman–Crippen LogP) is 4.23. The third-order valence-electron chi connectivity index (χ3n) is 4.83. The van der Waals surface area contributed by atoms with Crippen LogP contribution in [0.5, 0.6) is 11.5 Å². The van der Waals surface area contributed by atoms with Crippen LogP contribution in [0.2, 0.25) is 5.02 Å². The number of halogens is 1. The van der Waals surface area contributed by atoms with Gasteiger partial charge in [-0.3, -0.25) is 4.90 Å². The number of aliphatic hydroxyl groups is 1. The molecule has 0 radical (unpaired) electrons. The van der Waals surface area contributed by atoms with E-state index in [9.17, 15) is 5.11 Å². The summed E-state index contributed by atoms with van der Waals surface area (Å²) >= 11 is 5.93. The number of methoxy groups -OCH3 is 2. The van der Waals surface area contributed by atoms with Crippen LogP contribution >= 0.6 is 11.6 Å². The molecule has 5 heteroatoms. The van der Waals surface area contributed by atoms with Crippen molar-refractivity contribution in [3.8, 4) is 11.5 Å². The van der Waals surface area contributed by atoms with Crippen molar-refractivity contribution in [2.45, 2.75) is 25.0 Å². The fourth-order valence-corrected chi connectivity index (χ4v) is 3.63. The van der Waals surface area contributed by atoms with Crippen LogP contribution in [-0.2, 0) is 0 Å². The average molecular weight is 362 g/mol. The molecule has 2 aromatic rings. The summed E-state index contributed by atoms with van der Waals surface area (Å²) in [5.41, 5.74) is 2.03. The van der Waals surface area contributed by atoms with Crippen molar-refractivity contribution in [3.63, 3.8) is 0 Å². The quantitative estimate of drug-likeness (QED) is 0.836. The summed E-state index contributed by atoms with van der Waals surface area (Å²) in [5, 5.41) is 11.3. The molecule has 2 atom stereocenters. The maximum absolute atomic E-state index is 10.6. The van der Waals surface area contributed by atoms with Gasteiger partial charge in [-0.25, -0.2) is 0 Å². The largest absolute Gasteiger partial charge is 0.497 e. The van der Waals surface area contributed by atoms with E-state index in [1.807, 2.05) is 36.4 Å². The Kier molecular flexibility index (Phi) is 5.84. The van der Waals surface area contributed by atoms with Gasteiger partial charge in [0.15, 0.2) is 0 Å². The van der Waals surface area contributed by atoms with Crippen molar-refractivity contribution in [2.75, 3.05) is 27.3 Å². The summed E-state index contributed by atoms with van der Waals surface area (Å²) < 4.78 is 10.9. The van der Waals surface area contributed by atoms with Gasteiger partial charge in [-0.15, -0.1) is 0 Å². The van der Waals surface area contributed by atoms with E-state index in [1.165, 1.54) is 0 Å². The zero-order valence-corrected chi connectivity index (χ0v) is 15.4. The van der Waals surface area contributed by atoms with Crippen molar-refractivity contribution >= 4 is 11.6 Å². The number of rotatable bonds is 6. The molecule has 1 saturated heterocycles. The van der Waals surface area contributed by atoms with Crippen LogP contribution in [0, 0.1) is 0 Å². The number of hydrogen-bond donors (Lipinski definition) is 1. The van der Waals surface area contributed by atoms with Crippen molar-refractivity contribution in [1.82, 2.24) is 4.90 Å². The monoisotopic (exact) mass is 361 g/mol. The standard InChI is InChI=1S/C20H24ClNO3/c1-24-16-9-10-17(20(12-16)25-2)18-4-3-11-22(18)13-19(23)14-5-7-15(21)8-6-14/h5-10,12,18-19,23H,3-4,11,13H2,1-2H3/t18-,19+/m1/s1. The molecule has 1 fully saturated rings. The van der Waals surface area contributed by atoms with Crippen molar-refractivity contribution in [2.24, 2.45) is 0 Å². The van der Waals surface area contributed by atoms with Gasteiger partial charge in [-0.2, -0.15) is 0 Å². The maximum Gasteiger partial charge on any atom is 0.127 e. The van der Waals surface area contributed by atoms with E-state index in [0.29, 0.717) is 11.6 Å². The van der Waals surface area contributed by atoms with Crippen LogP contribution in [0.3, 0.4) is 0 Å². The molecule has 0 unspecified atom stereocenters. The highest BCUT2D eigenvalue weighted by atomic mass is 35.5. The molecule has 0 spiro atoms. The minimum atomic E-state index is -0.540. The molecule has 2 aromatic carbocycles. The second-order valence-electron chi connectivity index (χ2n) is 6.33. The zero-order chi connectivity index (χ0) is 17.8. The smallest absolute Gasteiger partial charge is 0.127 e. The van der Waals surface area contributed by atoms with E-state index in [0.717, 1.165) is 42.0 Å². The summed E-state index contributed by atoms with van der Waals surface area (Å²) in [4.78, 5) is 2.32. The van der Waals surface area contributed by atoms with Gasteiger partial charge < -0.3 is 14.6 Å². The molecule has 0 aromatic heterocycles. The lowest BCUT2D eigenvalue weighted by molar-refractivity contribution is 0.105. The fraction of sp³-hybridized carbons (Fsp3) is 0.400. The minimum absolute atomic E-state index is 0.239. The van der Waals surface area contributed by atoms with Gasteiger partial charge in [0.2, 0.25) is 0 Å². The Balaban J connectivity index is 1.77. The predicted molar refractivity (Wildman–Crippen MR) is 99.5 cm³/mol. The highest BCUT2D eigenvalue weighted by Gasteiger charge is 2.30. The first-order chi connectivity index (χ1) is 12.1. The zero-order valence-electron chi connectivity index (χ0n) is 14.6. The molecule has 1 N–H and O–H groups in total. The van der Waals surface area contributed by atoms with Gasteiger partial charge in [0.1, 0.15) is 11.5 Å². The summed E-state index contributed by atoms with van der Waals surface area (Å²) in [6.07, 6.45) is 1.62. The minimum Gasteiger partial charge on any atom is -0.497 e. The first kappa shape index (κ1) is 18.1. The number of likely N-dealkylation sites (tertiary alicyclic amines) is 1. The Morgan fingerprint density at radius 3 is 2.60 bits per heavy atom. The second-order valence-corrected chi connectivity index (χ2v) is 6.76. The molecule has 3 rings (SSSR count). The van der Waals surface area contributed by atoms with Crippen LogP contribution in [0.15, 0.2) is 42.5 Å². The third-order valence-corrected chi connectivity index (χ3v) is 5.08. The summed E-state index contributed by atoms with van der Waals surface area (Å²) in [6, 6.07) is 13.6. The van der Waals surface area contributed by atoms with Crippen LogP contribution in [0.25, 0.3) is 0 Å². The van der Waals surface area contributed by atoms with Crippen LogP contribution in [-0.4, -0.2) is 37.3 Å². The van der Waals surface area contributed by atoms with Crippen LogP contribution in [0.1, 0.15) is 36.1 Å². The molecule has 0 bridgehead atoms. The third kappa shape index (κ3) is 4.09. The molecule has 134 valence electrons. The summed E-state index contributed by atoms with van der Waals surface area (Å²) in [5.74, 6) is 1.61. The van der Waals surface area contributed by atoms with E-state index >= 15 is 0 Å². The number of β-amino-alcohol motifs (C(OH)–C–C–N with tert-alkyl or cyclic N) is 1. The lowest BCUT2D eigenvalue weighted by Crippen LogP contribution is -2.28. The van der Waals surface area contributed by atoms with Crippen molar-refractivity contribution in [1.29, 1.82) is 0 Å². The Morgan fingerprint density at radius 1 is 1.16 bits per heavy atom. The first-order valence-corrected chi connectivity index (χ1v) is 8.89. The number of aliphatic hydroxyl groups excluding tert-OH is 1. The number of benzene rings is 2. The SMILES string of the molecule is COc1ccc([C@H]2CCCN2C[C@H](O)c2ccc(Cl)cc2)c(OC)c1. The van der Waals surface area contributed by atoms with Gasteiger partial charge in [0.05, 0.1) is 20.3 Å².